The summed E-state index contributed by atoms with van der Waals surface area (Å²) in [6, 6.07) is 10.6. The molecule has 0 radical (unpaired) electrons. The van der Waals surface area contributed by atoms with Gasteiger partial charge in [0.05, 0.1) is 22.8 Å². The van der Waals surface area contributed by atoms with Gasteiger partial charge >= 0.3 is 0 Å². The Morgan fingerprint density at radius 3 is 2.48 bits per heavy atom. The van der Waals surface area contributed by atoms with E-state index < -0.39 is 9.84 Å². The molecular weight excluding hydrogens is 330 g/mol. The quantitative estimate of drug-likeness (QED) is 0.809. The number of pyridine rings is 1. The van der Waals surface area contributed by atoms with E-state index in [9.17, 15) is 8.42 Å². The van der Waals surface area contributed by atoms with Crippen LogP contribution in [0.15, 0.2) is 53.7 Å². The fourth-order valence-electron chi connectivity index (χ4n) is 2.13. The summed E-state index contributed by atoms with van der Waals surface area (Å²) in [6.45, 7) is 2.04. The molecule has 2 N–H and O–H groups in total. The van der Waals surface area contributed by atoms with Crippen LogP contribution in [-0.2, 0) is 9.84 Å². The molecule has 5 nitrogen and oxygen atoms in total. The number of benzene rings is 1. The second kappa shape index (κ2) is 7.52. The average molecular weight is 349 g/mol. The zero-order chi connectivity index (χ0) is 16.9. The Kier molecular flexibility index (Phi) is 5.68. The molecule has 0 saturated carbocycles. The molecule has 0 amide bonds. The van der Waals surface area contributed by atoms with Gasteiger partial charge in [0.2, 0.25) is 0 Å². The Morgan fingerprint density at radius 1 is 1.26 bits per heavy atom. The molecule has 0 aliphatic rings. The van der Waals surface area contributed by atoms with Crippen LogP contribution in [0, 0.1) is 0 Å². The second-order valence-corrected chi connectivity index (χ2v) is 7.57. The second-order valence-electron chi connectivity index (χ2n) is 5.14. The smallest absolute Gasteiger partial charge is 0.175 e. The third-order valence-electron chi connectivity index (χ3n) is 3.34. The minimum absolute atomic E-state index is 0.000261. The van der Waals surface area contributed by atoms with Crippen molar-refractivity contribution in [2.75, 3.05) is 11.6 Å². The van der Waals surface area contributed by atoms with E-state index in [0.717, 1.165) is 17.7 Å². The van der Waals surface area contributed by atoms with E-state index in [-0.39, 0.29) is 6.04 Å². The van der Waals surface area contributed by atoms with Crippen molar-refractivity contribution in [2.45, 2.75) is 24.3 Å². The molecule has 0 aliphatic carbocycles. The van der Waals surface area contributed by atoms with Crippen molar-refractivity contribution in [3.8, 4) is 0 Å². The SMILES string of the molecule is CC[C@@H](NC(=S)Nc1cccnc1)c1ccc(S(C)(=O)=O)cc1. The maximum Gasteiger partial charge on any atom is 0.175 e. The highest BCUT2D eigenvalue weighted by Crippen LogP contribution is 2.19. The molecule has 0 spiro atoms. The number of sulfone groups is 1. The van der Waals surface area contributed by atoms with Gasteiger partial charge in [0.25, 0.3) is 0 Å². The molecule has 23 heavy (non-hydrogen) atoms. The number of aromatic nitrogens is 1. The standard InChI is InChI=1S/C16H19N3O2S2/c1-3-15(12-6-8-14(9-7-12)23(2,20)21)19-16(22)18-13-5-4-10-17-11-13/h4-11,15H,3H2,1-2H3,(H2,18,19,22)/t15-/m1/s1. The van der Waals surface area contributed by atoms with Crippen molar-refractivity contribution in [1.82, 2.24) is 10.3 Å². The molecule has 1 aromatic carbocycles. The van der Waals surface area contributed by atoms with Gasteiger partial charge in [-0.3, -0.25) is 4.98 Å². The maximum absolute atomic E-state index is 11.5. The molecule has 1 aromatic heterocycles. The predicted molar refractivity (Wildman–Crippen MR) is 96.2 cm³/mol. The van der Waals surface area contributed by atoms with Gasteiger partial charge in [0.15, 0.2) is 14.9 Å². The van der Waals surface area contributed by atoms with Crippen LogP contribution in [0.25, 0.3) is 0 Å². The zero-order valence-electron chi connectivity index (χ0n) is 13.0. The summed E-state index contributed by atoms with van der Waals surface area (Å²) < 4.78 is 23.0. The van der Waals surface area contributed by atoms with E-state index in [1.165, 1.54) is 6.26 Å². The van der Waals surface area contributed by atoms with Crippen molar-refractivity contribution in [1.29, 1.82) is 0 Å². The number of nitrogens with zero attached hydrogens (tertiary/aromatic N) is 1. The van der Waals surface area contributed by atoms with Crippen molar-refractivity contribution < 1.29 is 8.42 Å². The molecule has 7 heteroatoms. The normalized spacial score (nSPS) is 12.4. The number of anilines is 1. The summed E-state index contributed by atoms with van der Waals surface area (Å²) in [5, 5.41) is 6.80. The first kappa shape index (κ1) is 17.4. The lowest BCUT2D eigenvalue weighted by Crippen LogP contribution is -2.32. The topological polar surface area (TPSA) is 71.1 Å². The van der Waals surface area contributed by atoms with Crippen LogP contribution in [0.5, 0.6) is 0 Å². The van der Waals surface area contributed by atoms with Crippen LogP contribution in [-0.4, -0.2) is 24.8 Å². The summed E-state index contributed by atoms with van der Waals surface area (Å²) in [5.74, 6) is 0. The molecular formula is C16H19N3O2S2. The fraction of sp³-hybridized carbons (Fsp3) is 0.250. The zero-order valence-corrected chi connectivity index (χ0v) is 14.6. The van der Waals surface area contributed by atoms with Crippen LogP contribution in [0.4, 0.5) is 5.69 Å². The van der Waals surface area contributed by atoms with Crippen LogP contribution in [0.1, 0.15) is 24.9 Å². The lowest BCUT2D eigenvalue weighted by Gasteiger charge is -2.20. The van der Waals surface area contributed by atoms with Gasteiger partial charge in [-0.15, -0.1) is 0 Å². The fourth-order valence-corrected chi connectivity index (χ4v) is 3.02. The molecule has 0 unspecified atom stereocenters. The molecule has 0 bridgehead atoms. The van der Waals surface area contributed by atoms with Gasteiger partial charge in [0, 0.05) is 12.5 Å². The number of rotatable bonds is 5. The van der Waals surface area contributed by atoms with Gasteiger partial charge in [-0.1, -0.05) is 19.1 Å². The lowest BCUT2D eigenvalue weighted by molar-refractivity contribution is 0.601. The van der Waals surface area contributed by atoms with Gasteiger partial charge in [-0.05, 0) is 48.5 Å². The van der Waals surface area contributed by atoms with E-state index in [2.05, 4.69) is 15.6 Å². The molecule has 0 aliphatic heterocycles. The van der Waals surface area contributed by atoms with Crippen LogP contribution in [0.2, 0.25) is 0 Å². The highest BCUT2D eigenvalue weighted by atomic mass is 32.2. The predicted octanol–water partition coefficient (Wildman–Crippen LogP) is 2.92. The average Bonchev–Trinajstić information content (AvgIpc) is 2.53. The minimum atomic E-state index is -3.18. The van der Waals surface area contributed by atoms with E-state index in [0.29, 0.717) is 10.0 Å². The summed E-state index contributed by atoms with van der Waals surface area (Å²) >= 11 is 5.32. The molecule has 0 saturated heterocycles. The number of nitrogens with one attached hydrogen (secondary N) is 2. The highest BCUT2D eigenvalue weighted by molar-refractivity contribution is 7.90. The Bertz CT molecular complexity index is 760. The van der Waals surface area contributed by atoms with Gasteiger partial charge in [0.1, 0.15) is 0 Å². The summed E-state index contributed by atoms with van der Waals surface area (Å²) in [6.07, 6.45) is 5.40. The molecule has 122 valence electrons. The van der Waals surface area contributed by atoms with Crippen molar-refractivity contribution >= 4 is 32.9 Å². The van der Waals surface area contributed by atoms with Crippen molar-refractivity contribution in [3.05, 3.63) is 54.4 Å². The van der Waals surface area contributed by atoms with Crippen molar-refractivity contribution in [2.24, 2.45) is 0 Å². The third-order valence-corrected chi connectivity index (χ3v) is 4.69. The number of hydrogen-bond acceptors (Lipinski definition) is 4. The first-order valence-electron chi connectivity index (χ1n) is 7.17. The molecule has 2 rings (SSSR count). The van der Waals surface area contributed by atoms with Crippen LogP contribution in [0.3, 0.4) is 0 Å². The van der Waals surface area contributed by atoms with Crippen LogP contribution >= 0.6 is 12.2 Å². The number of hydrogen-bond donors (Lipinski definition) is 2. The van der Waals surface area contributed by atoms with E-state index in [1.807, 2.05) is 31.2 Å². The third kappa shape index (κ3) is 5.01. The Hall–Kier alpha value is -1.99. The van der Waals surface area contributed by atoms with Crippen molar-refractivity contribution in [3.63, 3.8) is 0 Å². The minimum Gasteiger partial charge on any atom is -0.356 e. The Morgan fingerprint density at radius 2 is 1.96 bits per heavy atom. The number of thiocarbonyl (C=S) groups is 1. The Labute approximate surface area is 142 Å². The highest BCUT2D eigenvalue weighted by Gasteiger charge is 2.13. The summed E-state index contributed by atoms with van der Waals surface area (Å²) in [7, 11) is -3.18. The van der Waals surface area contributed by atoms with E-state index in [1.54, 1.807) is 24.5 Å². The summed E-state index contributed by atoms with van der Waals surface area (Å²) in [5.41, 5.74) is 1.79. The van der Waals surface area contributed by atoms with Gasteiger partial charge in [-0.2, -0.15) is 0 Å². The lowest BCUT2D eigenvalue weighted by atomic mass is 10.1. The molecule has 1 atom stereocenters. The van der Waals surface area contributed by atoms with E-state index in [4.69, 9.17) is 12.2 Å². The molecule has 0 fully saturated rings. The first-order chi connectivity index (χ1) is 10.9. The van der Waals surface area contributed by atoms with Gasteiger partial charge < -0.3 is 10.6 Å². The van der Waals surface area contributed by atoms with Gasteiger partial charge in [-0.25, -0.2) is 8.42 Å². The van der Waals surface area contributed by atoms with E-state index >= 15 is 0 Å². The first-order valence-corrected chi connectivity index (χ1v) is 9.47. The molecule has 2 aromatic rings. The van der Waals surface area contributed by atoms with Crippen LogP contribution < -0.4 is 10.6 Å². The Balaban J connectivity index is 2.06. The largest absolute Gasteiger partial charge is 0.356 e. The monoisotopic (exact) mass is 349 g/mol. The molecule has 1 heterocycles. The maximum atomic E-state index is 11.5. The summed E-state index contributed by atoms with van der Waals surface area (Å²) in [4.78, 5) is 4.33.